The lowest BCUT2D eigenvalue weighted by Gasteiger charge is -2.26. The summed E-state index contributed by atoms with van der Waals surface area (Å²) in [4.78, 5) is 7.38. The summed E-state index contributed by atoms with van der Waals surface area (Å²) in [6, 6.07) is 0. The average molecular weight is 275 g/mol. The number of thiazole rings is 1. The van der Waals surface area contributed by atoms with E-state index in [0.29, 0.717) is 16.5 Å². The summed E-state index contributed by atoms with van der Waals surface area (Å²) in [7, 11) is 0. The number of anilines is 1. The van der Waals surface area contributed by atoms with Gasteiger partial charge in [0.1, 0.15) is 5.15 Å². The zero-order valence-electron chi connectivity index (χ0n) is 10.5. The molecule has 0 spiro atoms. The Balaban J connectivity index is 2.10. The van der Waals surface area contributed by atoms with Crippen molar-refractivity contribution in [2.45, 2.75) is 33.8 Å². The van der Waals surface area contributed by atoms with Crippen LogP contribution in [0.1, 0.15) is 32.1 Å². The number of aliphatic hydroxyl groups excluding tert-OH is 1. The van der Waals surface area contributed by atoms with Gasteiger partial charge < -0.3 is 10.0 Å². The van der Waals surface area contributed by atoms with Crippen LogP contribution >= 0.6 is 22.9 Å². The van der Waals surface area contributed by atoms with Gasteiger partial charge in [-0.2, -0.15) is 0 Å². The Kier molecular flexibility index (Phi) is 3.66. The summed E-state index contributed by atoms with van der Waals surface area (Å²) in [5.74, 6) is 0.697. The van der Waals surface area contributed by atoms with E-state index in [1.807, 2.05) is 0 Å². The van der Waals surface area contributed by atoms with Crippen LogP contribution in [0.25, 0.3) is 0 Å². The number of aliphatic hydroxyl groups is 1. The number of aromatic nitrogens is 1. The second kappa shape index (κ2) is 4.75. The molecule has 0 amide bonds. The molecule has 1 aliphatic heterocycles. The molecule has 17 heavy (non-hydrogen) atoms. The van der Waals surface area contributed by atoms with Crippen LogP contribution in [-0.4, -0.2) is 23.2 Å². The first kappa shape index (κ1) is 13.1. The van der Waals surface area contributed by atoms with Crippen molar-refractivity contribution in [1.82, 2.24) is 4.98 Å². The molecule has 5 heteroatoms. The lowest BCUT2D eigenvalue weighted by atomic mass is 9.80. The van der Waals surface area contributed by atoms with Crippen LogP contribution in [0.15, 0.2) is 0 Å². The number of halogens is 1. The van der Waals surface area contributed by atoms with Gasteiger partial charge in [-0.05, 0) is 17.8 Å². The Labute approximate surface area is 111 Å². The molecule has 96 valence electrons. The zero-order valence-corrected chi connectivity index (χ0v) is 12.1. The zero-order chi connectivity index (χ0) is 12.6. The highest BCUT2D eigenvalue weighted by atomic mass is 35.5. The van der Waals surface area contributed by atoms with Crippen LogP contribution in [0.5, 0.6) is 0 Å². The Hall–Kier alpha value is -0.320. The molecule has 1 atom stereocenters. The lowest BCUT2D eigenvalue weighted by molar-refractivity contribution is 0.263. The van der Waals surface area contributed by atoms with Crippen LogP contribution in [0.3, 0.4) is 0 Å². The molecular weight excluding hydrogens is 256 g/mol. The van der Waals surface area contributed by atoms with Gasteiger partial charge in [-0.15, -0.1) is 0 Å². The van der Waals surface area contributed by atoms with E-state index in [4.69, 9.17) is 16.7 Å². The van der Waals surface area contributed by atoms with Crippen molar-refractivity contribution in [2.75, 3.05) is 18.0 Å². The summed E-state index contributed by atoms with van der Waals surface area (Å²) in [5.41, 5.74) is 0.343. The monoisotopic (exact) mass is 274 g/mol. The molecule has 0 saturated carbocycles. The highest BCUT2D eigenvalue weighted by Crippen LogP contribution is 2.38. The first-order valence-corrected chi connectivity index (χ1v) is 7.12. The van der Waals surface area contributed by atoms with Gasteiger partial charge in [0.05, 0.1) is 11.5 Å². The van der Waals surface area contributed by atoms with Crippen LogP contribution in [0, 0.1) is 11.3 Å². The third kappa shape index (κ3) is 2.75. The second-order valence-electron chi connectivity index (χ2n) is 5.67. The van der Waals surface area contributed by atoms with Crippen LogP contribution in [-0.2, 0) is 6.61 Å². The van der Waals surface area contributed by atoms with Gasteiger partial charge in [0, 0.05) is 13.1 Å². The smallest absolute Gasteiger partial charge is 0.187 e. The van der Waals surface area contributed by atoms with E-state index in [-0.39, 0.29) is 6.61 Å². The summed E-state index contributed by atoms with van der Waals surface area (Å²) in [6.45, 7) is 8.92. The summed E-state index contributed by atoms with van der Waals surface area (Å²) < 4.78 is 0. The molecule has 2 heterocycles. The maximum atomic E-state index is 9.12. The molecule has 2 rings (SSSR count). The molecular formula is C12H19ClN2OS. The molecule has 1 aromatic rings. The Bertz CT molecular complexity index is 400. The summed E-state index contributed by atoms with van der Waals surface area (Å²) >= 11 is 7.46. The van der Waals surface area contributed by atoms with E-state index in [1.54, 1.807) is 0 Å². The number of nitrogens with zero attached hydrogens (tertiary/aromatic N) is 2. The molecule has 1 aliphatic rings. The van der Waals surface area contributed by atoms with Crippen molar-refractivity contribution in [1.29, 1.82) is 0 Å². The summed E-state index contributed by atoms with van der Waals surface area (Å²) in [5, 5.41) is 10.5. The Morgan fingerprint density at radius 2 is 2.24 bits per heavy atom. The van der Waals surface area contributed by atoms with Crippen LogP contribution in [0.4, 0.5) is 5.13 Å². The third-order valence-corrected chi connectivity index (χ3v) is 4.99. The topological polar surface area (TPSA) is 36.4 Å². The molecule has 0 bridgehead atoms. The van der Waals surface area contributed by atoms with E-state index < -0.39 is 0 Å². The van der Waals surface area contributed by atoms with E-state index in [2.05, 4.69) is 30.7 Å². The van der Waals surface area contributed by atoms with Crippen LogP contribution < -0.4 is 4.90 Å². The molecule has 1 saturated heterocycles. The molecule has 1 N–H and O–H groups in total. The largest absolute Gasteiger partial charge is 0.391 e. The fraction of sp³-hybridized carbons (Fsp3) is 0.750. The van der Waals surface area contributed by atoms with Crippen LogP contribution in [0.2, 0.25) is 5.15 Å². The fourth-order valence-electron chi connectivity index (χ4n) is 2.20. The molecule has 0 aliphatic carbocycles. The van der Waals surface area contributed by atoms with Crippen molar-refractivity contribution in [2.24, 2.45) is 11.3 Å². The van der Waals surface area contributed by atoms with E-state index in [1.165, 1.54) is 17.8 Å². The minimum absolute atomic E-state index is 0.0208. The van der Waals surface area contributed by atoms with Crippen molar-refractivity contribution in [3.63, 3.8) is 0 Å². The predicted octanol–water partition coefficient (Wildman–Crippen LogP) is 3.16. The quantitative estimate of drug-likeness (QED) is 0.900. The first-order valence-electron chi connectivity index (χ1n) is 5.93. The van der Waals surface area contributed by atoms with Gasteiger partial charge in [-0.1, -0.05) is 43.7 Å². The highest BCUT2D eigenvalue weighted by molar-refractivity contribution is 7.16. The maximum Gasteiger partial charge on any atom is 0.187 e. The van der Waals surface area contributed by atoms with Gasteiger partial charge in [0.25, 0.3) is 0 Å². The molecule has 1 aromatic heterocycles. The van der Waals surface area contributed by atoms with Gasteiger partial charge in [0.15, 0.2) is 5.13 Å². The van der Waals surface area contributed by atoms with Gasteiger partial charge >= 0.3 is 0 Å². The second-order valence-corrected chi connectivity index (χ2v) is 7.09. The predicted molar refractivity (Wildman–Crippen MR) is 72.8 cm³/mol. The molecule has 0 aromatic carbocycles. The highest BCUT2D eigenvalue weighted by Gasteiger charge is 2.33. The van der Waals surface area contributed by atoms with E-state index in [9.17, 15) is 0 Å². The van der Waals surface area contributed by atoms with Gasteiger partial charge in [-0.3, -0.25) is 0 Å². The minimum atomic E-state index is -0.0208. The normalized spacial score (nSPS) is 21.2. The van der Waals surface area contributed by atoms with Crippen molar-refractivity contribution < 1.29 is 5.11 Å². The fourth-order valence-corrected chi connectivity index (χ4v) is 3.35. The van der Waals surface area contributed by atoms with E-state index >= 15 is 0 Å². The Morgan fingerprint density at radius 1 is 1.53 bits per heavy atom. The number of rotatable bonds is 2. The lowest BCUT2D eigenvalue weighted by Crippen LogP contribution is -2.25. The maximum absolute atomic E-state index is 9.12. The van der Waals surface area contributed by atoms with E-state index in [0.717, 1.165) is 23.1 Å². The molecule has 0 radical (unpaired) electrons. The number of hydrogen-bond acceptors (Lipinski definition) is 4. The minimum Gasteiger partial charge on any atom is -0.391 e. The SMILES string of the molecule is CC(C)(C)C1CCN(c2nc(Cl)c(CO)s2)C1. The van der Waals surface area contributed by atoms with Gasteiger partial charge in [-0.25, -0.2) is 4.98 Å². The number of hydrogen-bond donors (Lipinski definition) is 1. The van der Waals surface area contributed by atoms with Crippen molar-refractivity contribution in [3.8, 4) is 0 Å². The summed E-state index contributed by atoms with van der Waals surface area (Å²) in [6.07, 6.45) is 1.20. The first-order chi connectivity index (χ1) is 7.91. The van der Waals surface area contributed by atoms with Crippen molar-refractivity contribution >= 4 is 28.1 Å². The third-order valence-electron chi connectivity index (χ3n) is 3.47. The van der Waals surface area contributed by atoms with Gasteiger partial charge in [0.2, 0.25) is 0 Å². The average Bonchev–Trinajstić information content (AvgIpc) is 2.82. The Morgan fingerprint density at radius 3 is 2.71 bits per heavy atom. The molecule has 3 nitrogen and oxygen atoms in total. The molecule has 1 unspecified atom stereocenters. The molecule has 1 fully saturated rings. The standard InChI is InChI=1S/C12H19ClN2OS/c1-12(2,3)8-4-5-15(6-8)11-14-10(13)9(7-16)17-11/h8,16H,4-7H2,1-3H3. The van der Waals surface area contributed by atoms with Crippen molar-refractivity contribution in [3.05, 3.63) is 10.0 Å².